The summed E-state index contributed by atoms with van der Waals surface area (Å²) in [6.07, 6.45) is 7.04. The van der Waals surface area contributed by atoms with Crippen molar-refractivity contribution in [3.05, 3.63) is 43.0 Å². The van der Waals surface area contributed by atoms with E-state index in [1.165, 1.54) is 0 Å². The fourth-order valence-corrected chi connectivity index (χ4v) is 2.49. The Bertz CT molecular complexity index is 587. The molecular weight excluding hydrogens is 282 g/mol. The zero-order valence-electron chi connectivity index (χ0n) is 12.3. The van der Waals surface area contributed by atoms with E-state index in [1.807, 2.05) is 23.0 Å². The quantitative estimate of drug-likeness (QED) is 0.876. The van der Waals surface area contributed by atoms with Crippen LogP contribution in [0.3, 0.4) is 0 Å². The number of morpholine rings is 1. The average molecular weight is 301 g/mol. The van der Waals surface area contributed by atoms with Gasteiger partial charge in [-0.3, -0.25) is 19.4 Å². The summed E-state index contributed by atoms with van der Waals surface area (Å²) >= 11 is 0. The average Bonchev–Trinajstić information content (AvgIpc) is 3.01. The maximum atomic E-state index is 12.1. The van der Waals surface area contributed by atoms with E-state index < -0.39 is 0 Å². The minimum Gasteiger partial charge on any atom is -0.374 e. The van der Waals surface area contributed by atoms with Crippen molar-refractivity contribution in [3.63, 3.8) is 0 Å². The van der Waals surface area contributed by atoms with E-state index >= 15 is 0 Å². The summed E-state index contributed by atoms with van der Waals surface area (Å²) in [7, 11) is 0. The number of nitrogens with one attached hydrogen (secondary N) is 1. The molecule has 1 saturated heterocycles. The van der Waals surface area contributed by atoms with Gasteiger partial charge in [0.25, 0.3) is 0 Å². The predicted octanol–water partition coefficient (Wildman–Crippen LogP) is 0.618. The number of hydrogen-bond acceptors (Lipinski definition) is 5. The molecule has 0 radical (unpaired) electrons. The predicted molar refractivity (Wildman–Crippen MR) is 81.3 cm³/mol. The molecular formula is C15H19N5O2. The first-order chi connectivity index (χ1) is 10.8. The van der Waals surface area contributed by atoms with Crippen molar-refractivity contribution in [1.82, 2.24) is 19.7 Å². The van der Waals surface area contributed by atoms with Gasteiger partial charge in [0.15, 0.2) is 0 Å². The van der Waals surface area contributed by atoms with Gasteiger partial charge in [-0.2, -0.15) is 5.10 Å². The van der Waals surface area contributed by atoms with Crippen LogP contribution in [0, 0.1) is 0 Å². The number of nitrogens with zero attached hydrogens (tertiary/aromatic N) is 4. The maximum absolute atomic E-state index is 12.1. The maximum Gasteiger partial charge on any atom is 0.238 e. The van der Waals surface area contributed by atoms with E-state index in [0.29, 0.717) is 25.4 Å². The third-order valence-electron chi connectivity index (χ3n) is 3.49. The third-order valence-corrected chi connectivity index (χ3v) is 3.49. The Morgan fingerprint density at radius 1 is 1.41 bits per heavy atom. The Kier molecular flexibility index (Phi) is 4.77. The molecule has 0 aromatic carbocycles. The van der Waals surface area contributed by atoms with Gasteiger partial charge in [-0.15, -0.1) is 0 Å². The van der Waals surface area contributed by atoms with Crippen LogP contribution in [0.4, 0.5) is 5.69 Å². The normalized spacial score (nSPS) is 19.0. The highest BCUT2D eigenvalue weighted by molar-refractivity contribution is 5.92. The highest BCUT2D eigenvalue weighted by Crippen LogP contribution is 2.08. The summed E-state index contributed by atoms with van der Waals surface area (Å²) in [5.41, 5.74) is 0.717. The van der Waals surface area contributed by atoms with E-state index in [2.05, 4.69) is 20.3 Å². The number of anilines is 1. The number of carbonyl (C=O) groups is 1. The first kappa shape index (κ1) is 14.7. The molecule has 1 aliphatic heterocycles. The Morgan fingerprint density at radius 2 is 2.36 bits per heavy atom. The second kappa shape index (κ2) is 7.15. The number of ether oxygens (including phenoxy) is 1. The molecule has 3 heterocycles. The highest BCUT2D eigenvalue weighted by Gasteiger charge is 2.22. The molecule has 1 amide bonds. The van der Waals surface area contributed by atoms with Crippen LogP contribution in [0.15, 0.2) is 43.0 Å². The van der Waals surface area contributed by atoms with Crippen LogP contribution < -0.4 is 5.32 Å². The molecule has 0 aliphatic carbocycles. The minimum atomic E-state index is -0.0345. The smallest absolute Gasteiger partial charge is 0.238 e. The molecule has 7 heteroatoms. The molecule has 2 aromatic rings. The monoisotopic (exact) mass is 301 g/mol. The molecule has 0 bridgehead atoms. The lowest BCUT2D eigenvalue weighted by atomic mass is 10.2. The highest BCUT2D eigenvalue weighted by atomic mass is 16.5. The van der Waals surface area contributed by atoms with Crippen LogP contribution in [0.5, 0.6) is 0 Å². The standard InChI is InChI=1S/C15H19N5O2/c21-15(18-13-3-1-4-16-9-13)12-19-7-8-22-14(10-19)11-20-6-2-5-17-20/h1-6,9,14H,7-8,10-12H2,(H,18,21)/t14-/m0/s1. The molecule has 7 nitrogen and oxygen atoms in total. The number of hydrogen-bond donors (Lipinski definition) is 1. The molecule has 2 aromatic heterocycles. The van der Waals surface area contributed by atoms with Crippen molar-refractivity contribution < 1.29 is 9.53 Å². The summed E-state index contributed by atoms with van der Waals surface area (Å²) < 4.78 is 7.59. The number of pyridine rings is 1. The number of amides is 1. The second-order valence-electron chi connectivity index (χ2n) is 5.25. The van der Waals surface area contributed by atoms with Crippen molar-refractivity contribution in [1.29, 1.82) is 0 Å². The molecule has 22 heavy (non-hydrogen) atoms. The summed E-state index contributed by atoms with van der Waals surface area (Å²) in [5, 5.41) is 7.03. The van der Waals surface area contributed by atoms with E-state index in [0.717, 1.165) is 13.1 Å². The van der Waals surface area contributed by atoms with Gasteiger partial charge in [-0.05, 0) is 18.2 Å². The van der Waals surface area contributed by atoms with Gasteiger partial charge in [-0.1, -0.05) is 0 Å². The molecule has 116 valence electrons. The molecule has 1 atom stereocenters. The molecule has 1 aliphatic rings. The van der Waals surface area contributed by atoms with Crippen LogP contribution in [-0.2, 0) is 16.1 Å². The topological polar surface area (TPSA) is 72.3 Å². The van der Waals surface area contributed by atoms with Gasteiger partial charge < -0.3 is 10.1 Å². The van der Waals surface area contributed by atoms with Crippen LogP contribution in [0.25, 0.3) is 0 Å². The van der Waals surface area contributed by atoms with Crippen molar-refractivity contribution >= 4 is 11.6 Å². The van der Waals surface area contributed by atoms with E-state index in [-0.39, 0.29) is 12.0 Å². The third kappa shape index (κ3) is 4.12. The number of carbonyl (C=O) groups excluding carboxylic acids is 1. The zero-order valence-corrected chi connectivity index (χ0v) is 12.3. The number of rotatable bonds is 5. The summed E-state index contributed by atoms with van der Waals surface area (Å²) in [4.78, 5) is 18.1. The Labute approximate surface area is 128 Å². The molecule has 3 rings (SSSR count). The van der Waals surface area contributed by atoms with Crippen molar-refractivity contribution in [2.45, 2.75) is 12.6 Å². The van der Waals surface area contributed by atoms with Gasteiger partial charge in [0.1, 0.15) is 0 Å². The van der Waals surface area contributed by atoms with E-state index in [1.54, 1.807) is 24.7 Å². The van der Waals surface area contributed by atoms with E-state index in [4.69, 9.17) is 4.74 Å². The Hall–Kier alpha value is -2.25. The van der Waals surface area contributed by atoms with Crippen LogP contribution in [0.1, 0.15) is 0 Å². The lowest BCUT2D eigenvalue weighted by molar-refractivity contribution is -0.119. The first-order valence-corrected chi connectivity index (χ1v) is 7.31. The zero-order chi connectivity index (χ0) is 15.2. The van der Waals surface area contributed by atoms with Gasteiger partial charge >= 0.3 is 0 Å². The van der Waals surface area contributed by atoms with Gasteiger partial charge in [0.05, 0.1) is 37.7 Å². The fourth-order valence-electron chi connectivity index (χ4n) is 2.49. The van der Waals surface area contributed by atoms with Crippen molar-refractivity contribution in [3.8, 4) is 0 Å². The lowest BCUT2D eigenvalue weighted by Gasteiger charge is -2.32. The molecule has 0 spiro atoms. The molecule has 1 N–H and O–H groups in total. The molecule has 1 fully saturated rings. The Balaban J connectivity index is 1.48. The number of aromatic nitrogens is 3. The van der Waals surface area contributed by atoms with E-state index in [9.17, 15) is 4.79 Å². The van der Waals surface area contributed by atoms with Crippen molar-refractivity contribution in [2.24, 2.45) is 0 Å². The van der Waals surface area contributed by atoms with Gasteiger partial charge in [0.2, 0.25) is 5.91 Å². The van der Waals surface area contributed by atoms with Crippen molar-refractivity contribution in [2.75, 3.05) is 31.6 Å². The van der Waals surface area contributed by atoms with Crippen LogP contribution >= 0.6 is 0 Å². The van der Waals surface area contributed by atoms with Crippen LogP contribution in [0.2, 0.25) is 0 Å². The summed E-state index contributed by atoms with van der Waals surface area (Å²) in [6.45, 7) is 3.17. The second-order valence-corrected chi connectivity index (χ2v) is 5.25. The van der Waals surface area contributed by atoms with Gasteiger partial charge in [0, 0.05) is 31.7 Å². The molecule has 0 saturated carbocycles. The lowest BCUT2D eigenvalue weighted by Crippen LogP contribution is -2.47. The van der Waals surface area contributed by atoms with Gasteiger partial charge in [-0.25, -0.2) is 0 Å². The largest absolute Gasteiger partial charge is 0.374 e. The molecule has 0 unspecified atom stereocenters. The summed E-state index contributed by atoms with van der Waals surface area (Å²) in [5.74, 6) is -0.0345. The minimum absolute atomic E-state index is 0.0345. The fraction of sp³-hybridized carbons (Fsp3) is 0.400. The summed E-state index contributed by atoms with van der Waals surface area (Å²) in [6, 6.07) is 5.51. The van der Waals surface area contributed by atoms with Crippen LogP contribution in [-0.4, -0.2) is 57.9 Å². The first-order valence-electron chi connectivity index (χ1n) is 7.31. The SMILES string of the molecule is O=C(CN1CCO[C@H](Cn2cccn2)C1)Nc1cccnc1. The Morgan fingerprint density at radius 3 is 3.14 bits per heavy atom.